The van der Waals surface area contributed by atoms with Crippen LogP contribution in [0.1, 0.15) is 6.92 Å². The van der Waals surface area contributed by atoms with E-state index in [4.69, 9.17) is 9.47 Å². The number of allylic oxidation sites excluding steroid dienone is 1. The molecule has 0 saturated heterocycles. The molecule has 1 aliphatic rings. The molecule has 0 aliphatic carbocycles. The van der Waals surface area contributed by atoms with Crippen molar-refractivity contribution in [2.75, 3.05) is 25.8 Å². The Labute approximate surface area is 101 Å². The molecule has 2 rings (SSSR count). The third-order valence-electron chi connectivity index (χ3n) is 2.65. The van der Waals surface area contributed by atoms with Gasteiger partial charge in [0.05, 0.1) is 32.7 Å². The summed E-state index contributed by atoms with van der Waals surface area (Å²) in [6.07, 6.45) is 3.98. The molecule has 0 aromatic heterocycles. The molecule has 90 valence electrons. The van der Waals surface area contributed by atoms with E-state index in [2.05, 4.69) is 11.2 Å². The Morgan fingerprint density at radius 3 is 2.53 bits per heavy atom. The Morgan fingerprint density at radius 1 is 1.18 bits per heavy atom. The number of ether oxygens (including phenoxy) is 2. The first-order valence-electron chi connectivity index (χ1n) is 5.45. The molecule has 0 fully saturated rings. The normalized spacial score (nSPS) is 14.5. The SMILES string of the molecule is COc1ccc(N2CC=C(C)C=N2)cc1OC. The van der Waals surface area contributed by atoms with Gasteiger partial charge < -0.3 is 9.47 Å². The number of methoxy groups -OCH3 is 2. The van der Waals surface area contributed by atoms with E-state index in [1.807, 2.05) is 36.3 Å². The summed E-state index contributed by atoms with van der Waals surface area (Å²) >= 11 is 0. The van der Waals surface area contributed by atoms with Gasteiger partial charge in [0.15, 0.2) is 11.5 Å². The Morgan fingerprint density at radius 2 is 1.94 bits per heavy atom. The van der Waals surface area contributed by atoms with E-state index in [-0.39, 0.29) is 0 Å². The second kappa shape index (κ2) is 4.91. The van der Waals surface area contributed by atoms with Gasteiger partial charge in [0.25, 0.3) is 0 Å². The van der Waals surface area contributed by atoms with E-state index in [1.165, 1.54) is 5.57 Å². The highest BCUT2D eigenvalue weighted by Crippen LogP contribution is 2.31. The van der Waals surface area contributed by atoms with Gasteiger partial charge in [-0.15, -0.1) is 0 Å². The monoisotopic (exact) mass is 232 g/mol. The van der Waals surface area contributed by atoms with Crippen LogP contribution in [0.25, 0.3) is 0 Å². The van der Waals surface area contributed by atoms with Crippen molar-refractivity contribution in [2.24, 2.45) is 5.10 Å². The molecule has 0 saturated carbocycles. The van der Waals surface area contributed by atoms with Gasteiger partial charge in [0, 0.05) is 6.07 Å². The minimum Gasteiger partial charge on any atom is -0.493 e. The molecule has 17 heavy (non-hydrogen) atoms. The van der Waals surface area contributed by atoms with Crippen molar-refractivity contribution in [3.05, 3.63) is 29.8 Å². The molecule has 1 heterocycles. The maximum atomic E-state index is 5.27. The molecule has 0 radical (unpaired) electrons. The minimum atomic E-state index is 0.714. The lowest BCUT2D eigenvalue weighted by atomic mass is 10.2. The lowest BCUT2D eigenvalue weighted by molar-refractivity contribution is 0.355. The predicted molar refractivity (Wildman–Crippen MR) is 69.1 cm³/mol. The zero-order valence-corrected chi connectivity index (χ0v) is 10.3. The van der Waals surface area contributed by atoms with Crippen LogP contribution in [0.3, 0.4) is 0 Å². The number of hydrogen-bond donors (Lipinski definition) is 0. The second-order valence-electron chi connectivity index (χ2n) is 3.81. The third kappa shape index (κ3) is 2.41. The maximum Gasteiger partial charge on any atom is 0.162 e. The lowest BCUT2D eigenvalue weighted by Gasteiger charge is -2.21. The minimum absolute atomic E-state index is 0.714. The quantitative estimate of drug-likeness (QED) is 0.802. The summed E-state index contributed by atoms with van der Waals surface area (Å²) in [5.41, 5.74) is 2.17. The molecule has 4 heteroatoms. The van der Waals surface area contributed by atoms with Crippen LogP contribution in [0.5, 0.6) is 11.5 Å². The Bertz CT molecular complexity index is 466. The smallest absolute Gasteiger partial charge is 0.162 e. The largest absolute Gasteiger partial charge is 0.493 e. The highest BCUT2D eigenvalue weighted by molar-refractivity contribution is 5.80. The van der Waals surface area contributed by atoms with Gasteiger partial charge in [-0.25, -0.2) is 0 Å². The zero-order valence-electron chi connectivity index (χ0n) is 10.3. The Kier molecular flexibility index (Phi) is 3.32. The van der Waals surface area contributed by atoms with Crippen LogP contribution >= 0.6 is 0 Å². The molecule has 0 atom stereocenters. The third-order valence-corrected chi connectivity index (χ3v) is 2.65. The summed E-state index contributed by atoms with van der Waals surface area (Å²) in [6.45, 7) is 2.81. The molecule has 4 nitrogen and oxygen atoms in total. The summed E-state index contributed by atoms with van der Waals surface area (Å²) in [4.78, 5) is 0. The fourth-order valence-corrected chi connectivity index (χ4v) is 1.65. The molecule has 0 amide bonds. The molecular weight excluding hydrogens is 216 g/mol. The fraction of sp³-hybridized carbons (Fsp3) is 0.308. The van der Waals surface area contributed by atoms with E-state index in [0.717, 1.165) is 18.0 Å². The van der Waals surface area contributed by atoms with Gasteiger partial charge in [0.2, 0.25) is 0 Å². The van der Waals surface area contributed by atoms with Crippen LogP contribution in [0, 0.1) is 0 Å². The number of nitrogens with zero attached hydrogens (tertiary/aromatic N) is 2. The van der Waals surface area contributed by atoms with Crippen molar-refractivity contribution in [3.63, 3.8) is 0 Å². The lowest BCUT2D eigenvalue weighted by Crippen LogP contribution is -2.19. The number of anilines is 1. The summed E-state index contributed by atoms with van der Waals surface area (Å²) < 4.78 is 10.5. The zero-order chi connectivity index (χ0) is 12.3. The van der Waals surface area contributed by atoms with Crippen LogP contribution in [-0.2, 0) is 0 Å². The standard InChI is InChI=1S/C13H16N2O2/c1-10-6-7-15(14-9-10)11-4-5-12(16-2)13(8-11)17-3/h4-6,8-9H,7H2,1-3H3. The van der Waals surface area contributed by atoms with E-state index in [9.17, 15) is 0 Å². The number of rotatable bonds is 3. The van der Waals surface area contributed by atoms with Gasteiger partial charge in [-0.2, -0.15) is 5.10 Å². The van der Waals surface area contributed by atoms with Crippen molar-refractivity contribution in [1.82, 2.24) is 0 Å². The van der Waals surface area contributed by atoms with Crippen molar-refractivity contribution in [1.29, 1.82) is 0 Å². The van der Waals surface area contributed by atoms with Crippen LogP contribution in [0.2, 0.25) is 0 Å². The Balaban J connectivity index is 2.26. The summed E-state index contributed by atoms with van der Waals surface area (Å²) in [6, 6.07) is 5.77. The summed E-state index contributed by atoms with van der Waals surface area (Å²) in [7, 11) is 3.26. The molecule has 1 aliphatic heterocycles. The molecule has 1 aromatic rings. The van der Waals surface area contributed by atoms with Crippen molar-refractivity contribution in [3.8, 4) is 11.5 Å². The average molecular weight is 232 g/mol. The van der Waals surface area contributed by atoms with Crippen LogP contribution in [-0.4, -0.2) is 27.0 Å². The molecule has 0 N–H and O–H groups in total. The van der Waals surface area contributed by atoms with E-state index in [1.54, 1.807) is 14.2 Å². The van der Waals surface area contributed by atoms with Crippen molar-refractivity contribution < 1.29 is 9.47 Å². The maximum absolute atomic E-state index is 5.27. The number of hydrazone groups is 1. The molecular formula is C13H16N2O2. The van der Waals surface area contributed by atoms with Crippen molar-refractivity contribution >= 4 is 11.9 Å². The Hall–Kier alpha value is -1.97. The molecule has 0 unspecified atom stereocenters. The number of benzene rings is 1. The van der Waals surface area contributed by atoms with Crippen LogP contribution in [0.4, 0.5) is 5.69 Å². The van der Waals surface area contributed by atoms with Crippen LogP contribution < -0.4 is 14.5 Å². The fourth-order valence-electron chi connectivity index (χ4n) is 1.65. The predicted octanol–water partition coefficient (Wildman–Crippen LogP) is 2.46. The topological polar surface area (TPSA) is 34.1 Å². The summed E-state index contributed by atoms with van der Waals surface area (Å²) in [5.74, 6) is 1.44. The van der Waals surface area contributed by atoms with Gasteiger partial charge in [0.1, 0.15) is 0 Å². The van der Waals surface area contributed by atoms with E-state index in [0.29, 0.717) is 5.75 Å². The van der Waals surface area contributed by atoms with Gasteiger partial charge >= 0.3 is 0 Å². The second-order valence-corrected chi connectivity index (χ2v) is 3.81. The molecule has 1 aromatic carbocycles. The average Bonchev–Trinajstić information content (AvgIpc) is 2.39. The summed E-state index contributed by atoms with van der Waals surface area (Å²) in [5, 5.41) is 6.27. The van der Waals surface area contributed by atoms with Crippen LogP contribution in [0.15, 0.2) is 34.9 Å². The van der Waals surface area contributed by atoms with E-state index >= 15 is 0 Å². The van der Waals surface area contributed by atoms with Gasteiger partial charge in [-0.05, 0) is 24.6 Å². The molecule has 0 bridgehead atoms. The number of hydrogen-bond acceptors (Lipinski definition) is 4. The van der Waals surface area contributed by atoms with Gasteiger partial charge in [-0.1, -0.05) is 6.08 Å². The first-order valence-corrected chi connectivity index (χ1v) is 5.45. The molecule has 0 spiro atoms. The first-order chi connectivity index (χ1) is 8.24. The first kappa shape index (κ1) is 11.5. The van der Waals surface area contributed by atoms with Crippen molar-refractivity contribution in [2.45, 2.75) is 6.92 Å². The van der Waals surface area contributed by atoms with Gasteiger partial charge in [-0.3, -0.25) is 5.01 Å². The highest BCUT2D eigenvalue weighted by Gasteiger charge is 2.10. The highest BCUT2D eigenvalue weighted by atomic mass is 16.5. The van der Waals surface area contributed by atoms with E-state index < -0.39 is 0 Å².